The van der Waals surface area contributed by atoms with Crippen LogP contribution in [0.5, 0.6) is 0 Å². The van der Waals surface area contributed by atoms with Gasteiger partial charge in [0.1, 0.15) is 6.04 Å². The number of nitrogens with one attached hydrogen (secondary N) is 1. The number of nitrogens with two attached hydrogens (primary N) is 1. The zero-order valence-electron chi connectivity index (χ0n) is 11.0. The summed E-state index contributed by atoms with van der Waals surface area (Å²) < 4.78 is 0. The highest BCUT2D eigenvalue weighted by Crippen LogP contribution is 2.22. The number of hydrogen-bond donors (Lipinski definition) is 4. The monoisotopic (exact) mass is 297 g/mol. The number of aliphatic hydroxyl groups excluding tert-OH is 1. The SMILES string of the molecule is N[C@@H](CCC(=O)Nc1ccc([N+](=O)[O-])c(CO)c1)C(=O)O. The Kier molecular flexibility index (Phi) is 5.76. The molecule has 9 nitrogen and oxygen atoms in total. The van der Waals surface area contributed by atoms with Crippen LogP contribution in [0.4, 0.5) is 11.4 Å². The van der Waals surface area contributed by atoms with Crippen LogP contribution in [-0.4, -0.2) is 33.1 Å². The number of carbonyl (C=O) groups is 2. The van der Waals surface area contributed by atoms with E-state index in [4.69, 9.17) is 15.9 Å². The zero-order valence-corrected chi connectivity index (χ0v) is 11.0. The van der Waals surface area contributed by atoms with Gasteiger partial charge in [-0.25, -0.2) is 0 Å². The van der Waals surface area contributed by atoms with Gasteiger partial charge < -0.3 is 21.3 Å². The maximum absolute atomic E-state index is 11.6. The maximum Gasteiger partial charge on any atom is 0.320 e. The number of carboxylic acids is 1. The van der Waals surface area contributed by atoms with Crippen molar-refractivity contribution in [1.29, 1.82) is 0 Å². The fourth-order valence-electron chi connectivity index (χ4n) is 1.60. The number of nitrogens with zero attached hydrogens (tertiary/aromatic N) is 1. The summed E-state index contributed by atoms with van der Waals surface area (Å²) >= 11 is 0. The van der Waals surface area contributed by atoms with Crippen molar-refractivity contribution < 1.29 is 24.7 Å². The Morgan fingerprint density at radius 3 is 2.62 bits per heavy atom. The molecule has 0 aliphatic heterocycles. The Labute approximate surface area is 119 Å². The molecule has 0 bridgehead atoms. The molecule has 0 fully saturated rings. The molecule has 0 radical (unpaired) electrons. The number of carboxylic acid groups (broad SMARTS) is 1. The molecule has 1 rings (SSSR count). The van der Waals surface area contributed by atoms with Crippen LogP contribution in [0.25, 0.3) is 0 Å². The summed E-state index contributed by atoms with van der Waals surface area (Å²) in [4.78, 5) is 32.2. The van der Waals surface area contributed by atoms with E-state index >= 15 is 0 Å². The molecule has 0 spiro atoms. The van der Waals surface area contributed by atoms with Gasteiger partial charge >= 0.3 is 5.97 Å². The highest BCUT2D eigenvalue weighted by molar-refractivity contribution is 5.91. The predicted octanol–water partition coefficient (Wildman–Crippen LogP) is 0.218. The fraction of sp³-hybridized carbons (Fsp3) is 0.333. The number of carbonyl (C=O) groups excluding carboxylic acids is 1. The number of nitro benzene ring substituents is 1. The molecule has 21 heavy (non-hydrogen) atoms. The number of anilines is 1. The first kappa shape index (κ1) is 16.5. The van der Waals surface area contributed by atoms with Gasteiger partial charge in [0.2, 0.25) is 5.91 Å². The molecule has 0 heterocycles. The summed E-state index contributed by atoms with van der Waals surface area (Å²) in [7, 11) is 0. The number of amides is 1. The topological polar surface area (TPSA) is 156 Å². The lowest BCUT2D eigenvalue weighted by atomic mass is 10.1. The number of hydrogen-bond acceptors (Lipinski definition) is 6. The summed E-state index contributed by atoms with van der Waals surface area (Å²) in [5, 5.41) is 30.8. The average Bonchev–Trinajstić information content (AvgIpc) is 2.44. The zero-order chi connectivity index (χ0) is 16.0. The van der Waals surface area contributed by atoms with Crippen LogP contribution in [0.15, 0.2) is 18.2 Å². The van der Waals surface area contributed by atoms with Crippen molar-refractivity contribution in [3.05, 3.63) is 33.9 Å². The van der Waals surface area contributed by atoms with Crippen molar-refractivity contribution >= 4 is 23.3 Å². The van der Waals surface area contributed by atoms with Gasteiger partial charge in [0.25, 0.3) is 5.69 Å². The van der Waals surface area contributed by atoms with Gasteiger partial charge in [-0.15, -0.1) is 0 Å². The molecule has 0 saturated carbocycles. The number of nitro groups is 1. The van der Waals surface area contributed by atoms with Gasteiger partial charge in [-0.2, -0.15) is 0 Å². The molecule has 9 heteroatoms. The Morgan fingerprint density at radius 1 is 1.43 bits per heavy atom. The molecular weight excluding hydrogens is 282 g/mol. The minimum absolute atomic E-state index is 0.0268. The van der Waals surface area contributed by atoms with E-state index in [1.54, 1.807) is 0 Å². The van der Waals surface area contributed by atoms with E-state index in [2.05, 4.69) is 5.32 Å². The number of aliphatic carboxylic acids is 1. The van der Waals surface area contributed by atoms with Gasteiger partial charge in [0.05, 0.1) is 17.1 Å². The quantitative estimate of drug-likeness (QED) is 0.414. The Morgan fingerprint density at radius 2 is 2.10 bits per heavy atom. The first-order chi connectivity index (χ1) is 9.85. The first-order valence-electron chi connectivity index (χ1n) is 6.01. The second-order valence-electron chi connectivity index (χ2n) is 4.29. The van der Waals surface area contributed by atoms with Gasteiger partial charge in [0, 0.05) is 18.2 Å². The van der Waals surface area contributed by atoms with Crippen LogP contribution in [0.2, 0.25) is 0 Å². The second kappa shape index (κ2) is 7.31. The molecule has 1 amide bonds. The van der Waals surface area contributed by atoms with Crippen molar-refractivity contribution in [1.82, 2.24) is 0 Å². The molecule has 1 atom stereocenters. The van der Waals surface area contributed by atoms with Crippen LogP contribution in [-0.2, 0) is 16.2 Å². The lowest BCUT2D eigenvalue weighted by Crippen LogP contribution is -2.31. The van der Waals surface area contributed by atoms with E-state index in [0.29, 0.717) is 0 Å². The second-order valence-corrected chi connectivity index (χ2v) is 4.29. The predicted molar refractivity (Wildman–Crippen MR) is 72.5 cm³/mol. The largest absolute Gasteiger partial charge is 0.480 e. The van der Waals surface area contributed by atoms with Crippen LogP contribution in [0.3, 0.4) is 0 Å². The van der Waals surface area contributed by atoms with Crippen molar-refractivity contribution in [2.24, 2.45) is 5.73 Å². The van der Waals surface area contributed by atoms with E-state index in [1.807, 2.05) is 0 Å². The van der Waals surface area contributed by atoms with Gasteiger partial charge in [-0.3, -0.25) is 19.7 Å². The van der Waals surface area contributed by atoms with E-state index in [-0.39, 0.29) is 29.8 Å². The summed E-state index contributed by atoms with van der Waals surface area (Å²) in [5.74, 6) is -1.66. The Balaban J connectivity index is 2.68. The summed E-state index contributed by atoms with van der Waals surface area (Å²) in [6.45, 7) is -0.538. The normalized spacial score (nSPS) is 11.7. The molecule has 114 valence electrons. The third-order valence-corrected chi connectivity index (χ3v) is 2.73. The van der Waals surface area contributed by atoms with Gasteiger partial charge in [0.15, 0.2) is 0 Å². The highest BCUT2D eigenvalue weighted by Gasteiger charge is 2.16. The molecule has 1 aromatic rings. The molecule has 0 saturated heterocycles. The Hall–Kier alpha value is -2.52. The first-order valence-corrected chi connectivity index (χ1v) is 6.01. The fourth-order valence-corrected chi connectivity index (χ4v) is 1.60. The van der Waals surface area contributed by atoms with Crippen LogP contribution < -0.4 is 11.1 Å². The highest BCUT2D eigenvalue weighted by atomic mass is 16.6. The summed E-state index contributed by atoms with van der Waals surface area (Å²) in [6, 6.07) is 2.66. The molecule has 0 aromatic heterocycles. The lowest BCUT2D eigenvalue weighted by Gasteiger charge is -2.08. The minimum Gasteiger partial charge on any atom is -0.480 e. The number of benzene rings is 1. The van der Waals surface area contributed by atoms with Crippen molar-refractivity contribution in [3.63, 3.8) is 0 Å². The third kappa shape index (κ3) is 4.82. The molecular formula is C12H15N3O6. The molecule has 1 aromatic carbocycles. The molecule has 0 aliphatic rings. The smallest absolute Gasteiger partial charge is 0.320 e. The number of rotatable bonds is 7. The van der Waals surface area contributed by atoms with Crippen LogP contribution in [0, 0.1) is 10.1 Å². The van der Waals surface area contributed by atoms with E-state index in [1.165, 1.54) is 18.2 Å². The van der Waals surface area contributed by atoms with E-state index in [0.717, 1.165) is 0 Å². The minimum atomic E-state index is -1.19. The summed E-state index contributed by atoms with van der Waals surface area (Å²) in [5.41, 5.74) is 5.37. The lowest BCUT2D eigenvalue weighted by molar-refractivity contribution is -0.385. The molecule has 5 N–H and O–H groups in total. The van der Waals surface area contributed by atoms with E-state index in [9.17, 15) is 19.7 Å². The Bertz CT molecular complexity index is 560. The maximum atomic E-state index is 11.6. The van der Waals surface area contributed by atoms with Crippen molar-refractivity contribution in [3.8, 4) is 0 Å². The molecule has 0 unspecified atom stereocenters. The van der Waals surface area contributed by atoms with Gasteiger partial charge in [-0.1, -0.05) is 0 Å². The van der Waals surface area contributed by atoms with E-state index < -0.39 is 29.4 Å². The third-order valence-electron chi connectivity index (χ3n) is 2.73. The van der Waals surface area contributed by atoms with Crippen molar-refractivity contribution in [2.75, 3.05) is 5.32 Å². The average molecular weight is 297 g/mol. The molecule has 0 aliphatic carbocycles. The van der Waals surface area contributed by atoms with Gasteiger partial charge in [-0.05, 0) is 18.6 Å². The van der Waals surface area contributed by atoms with Crippen LogP contribution in [0.1, 0.15) is 18.4 Å². The summed E-state index contributed by atoms with van der Waals surface area (Å²) in [6.07, 6.45) is -0.125. The standard InChI is InChI=1S/C12H15N3O6/c13-9(12(18)19)2-4-11(17)14-8-1-3-10(15(20)21)7(5-8)6-16/h1,3,5,9,16H,2,4,6,13H2,(H,14,17)(H,18,19)/t9-/m0/s1. The van der Waals surface area contributed by atoms with Crippen LogP contribution >= 0.6 is 0 Å². The van der Waals surface area contributed by atoms with Crippen molar-refractivity contribution in [2.45, 2.75) is 25.5 Å². The number of aliphatic hydroxyl groups is 1.